The summed E-state index contributed by atoms with van der Waals surface area (Å²) < 4.78 is 11.3. The van der Waals surface area contributed by atoms with Crippen LogP contribution in [0.5, 0.6) is 11.5 Å². The van der Waals surface area contributed by atoms with Crippen molar-refractivity contribution in [2.75, 3.05) is 25.1 Å². The molecule has 1 heterocycles. The zero-order chi connectivity index (χ0) is 20.3. The van der Waals surface area contributed by atoms with E-state index in [0.29, 0.717) is 11.4 Å². The molecule has 0 radical (unpaired) electrons. The molecule has 0 aliphatic carbocycles. The summed E-state index contributed by atoms with van der Waals surface area (Å²) in [4.78, 5) is 37.9. The third-order valence-electron chi connectivity index (χ3n) is 4.37. The van der Waals surface area contributed by atoms with Gasteiger partial charge in [-0.1, -0.05) is 18.2 Å². The van der Waals surface area contributed by atoms with Crippen LogP contribution < -0.4 is 25.4 Å². The largest absolute Gasteiger partial charge is 0.483 e. The van der Waals surface area contributed by atoms with Crippen molar-refractivity contribution in [3.05, 3.63) is 53.6 Å². The Kier molecular flexibility index (Phi) is 5.49. The number of nitrogens with zero attached hydrogens (tertiary/aromatic N) is 1. The van der Waals surface area contributed by atoms with E-state index in [0.717, 1.165) is 5.56 Å². The molecule has 0 saturated heterocycles. The molecule has 0 unspecified atom stereocenters. The number of para-hydroxylation sites is 2. The van der Waals surface area contributed by atoms with Gasteiger partial charge < -0.3 is 25.4 Å². The molecule has 3 amide bonds. The monoisotopic (exact) mass is 383 g/mol. The van der Waals surface area contributed by atoms with E-state index in [4.69, 9.17) is 15.2 Å². The summed E-state index contributed by atoms with van der Waals surface area (Å²) in [5.41, 5.74) is 6.98. The fourth-order valence-corrected chi connectivity index (χ4v) is 2.94. The fraction of sp³-hybridized carbons (Fsp3) is 0.250. The van der Waals surface area contributed by atoms with Crippen molar-refractivity contribution in [3.8, 4) is 11.5 Å². The molecule has 1 aliphatic rings. The van der Waals surface area contributed by atoms with Crippen LogP contribution in [0.3, 0.4) is 0 Å². The van der Waals surface area contributed by atoms with Crippen LogP contribution in [0.2, 0.25) is 0 Å². The Hall–Kier alpha value is -3.55. The summed E-state index contributed by atoms with van der Waals surface area (Å²) in [7, 11) is 1.50. The van der Waals surface area contributed by atoms with Crippen LogP contribution in [0.15, 0.2) is 42.5 Å². The Morgan fingerprint density at radius 1 is 1.25 bits per heavy atom. The lowest BCUT2D eigenvalue weighted by Crippen LogP contribution is -2.51. The quantitative estimate of drug-likeness (QED) is 0.801. The molecule has 0 saturated carbocycles. The second-order valence-corrected chi connectivity index (χ2v) is 6.35. The number of carbonyl (C=O) groups excluding carboxylic acids is 3. The standard InChI is InChI=1S/C20H21N3O5/c1-12-7-8-13(19(21)25)16(9-12)27-11-18(24)23-10-17(20(26)22-2)28-15-6-4-3-5-14(15)23/h3-9,17H,10-11H2,1-2H3,(H2,21,25)(H,22,26)/t17-/m1/s1. The number of hydrogen-bond acceptors (Lipinski definition) is 5. The summed E-state index contributed by atoms with van der Waals surface area (Å²) in [6, 6.07) is 11.9. The molecule has 0 bridgehead atoms. The number of anilines is 1. The number of ether oxygens (including phenoxy) is 2. The van der Waals surface area contributed by atoms with E-state index in [2.05, 4.69) is 5.32 Å². The van der Waals surface area contributed by atoms with E-state index < -0.39 is 12.0 Å². The highest BCUT2D eigenvalue weighted by atomic mass is 16.5. The molecular weight excluding hydrogens is 362 g/mol. The van der Waals surface area contributed by atoms with Gasteiger partial charge in [0.1, 0.15) is 11.5 Å². The Balaban J connectivity index is 1.81. The van der Waals surface area contributed by atoms with E-state index in [-0.39, 0.29) is 36.3 Å². The highest BCUT2D eigenvalue weighted by Gasteiger charge is 2.33. The number of amides is 3. The average molecular weight is 383 g/mol. The van der Waals surface area contributed by atoms with Crippen molar-refractivity contribution in [2.24, 2.45) is 5.73 Å². The van der Waals surface area contributed by atoms with Crippen LogP contribution in [0.25, 0.3) is 0 Å². The average Bonchev–Trinajstić information content (AvgIpc) is 2.70. The zero-order valence-electron chi connectivity index (χ0n) is 15.6. The van der Waals surface area contributed by atoms with Crippen molar-refractivity contribution >= 4 is 23.4 Å². The number of hydrogen-bond donors (Lipinski definition) is 2. The minimum atomic E-state index is -0.830. The van der Waals surface area contributed by atoms with Crippen LogP contribution in [-0.4, -0.2) is 44.0 Å². The van der Waals surface area contributed by atoms with Gasteiger partial charge in [-0.05, 0) is 36.8 Å². The van der Waals surface area contributed by atoms with E-state index in [9.17, 15) is 14.4 Å². The smallest absolute Gasteiger partial charge is 0.265 e. The SMILES string of the molecule is CNC(=O)[C@H]1CN(C(=O)COc2cc(C)ccc2C(N)=O)c2ccccc2O1. The van der Waals surface area contributed by atoms with E-state index >= 15 is 0 Å². The van der Waals surface area contributed by atoms with Gasteiger partial charge in [-0.3, -0.25) is 14.4 Å². The number of fused-ring (bicyclic) bond motifs is 1. The van der Waals surface area contributed by atoms with Gasteiger partial charge in [0.25, 0.3) is 17.7 Å². The molecule has 0 spiro atoms. The molecule has 28 heavy (non-hydrogen) atoms. The lowest BCUT2D eigenvalue weighted by Gasteiger charge is -2.34. The first-order valence-corrected chi connectivity index (χ1v) is 8.71. The van der Waals surface area contributed by atoms with Crippen LogP contribution in [-0.2, 0) is 9.59 Å². The Morgan fingerprint density at radius 3 is 2.71 bits per heavy atom. The fourth-order valence-electron chi connectivity index (χ4n) is 2.94. The molecule has 146 valence electrons. The maximum atomic E-state index is 12.9. The lowest BCUT2D eigenvalue weighted by molar-refractivity contribution is -0.128. The molecule has 0 fully saturated rings. The summed E-state index contributed by atoms with van der Waals surface area (Å²) in [6.07, 6.45) is -0.830. The predicted molar refractivity (Wildman–Crippen MR) is 102 cm³/mol. The van der Waals surface area contributed by atoms with Crippen LogP contribution in [0.4, 0.5) is 5.69 Å². The maximum Gasteiger partial charge on any atom is 0.265 e. The molecule has 2 aromatic carbocycles. The number of benzene rings is 2. The van der Waals surface area contributed by atoms with Crippen LogP contribution in [0, 0.1) is 6.92 Å². The van der Waals surface area contributed by atoms with Gasteiger partial charge in [0.2, 0.25) is 0 Å². The van der Waals surface area contributed by atoms with Crippen LogP contribution in [0.1, 0.15) is 15.9 Å². The Labute approximate surface area is 162 Å². The zero-order valence-corrected chi connectivity index (χ0v) is 15.6. The highest BCUT2D eigenvalue weighted by molar-refractivity contribution is 5.99. The number of nitrogens with two attached hydrogens (primary N) is 1. The molecular formula is C20H21N3O5. The topological polar surface area (TPSA) is 111 Å². The van der Waals surface area contributed by atoms with Gasteiger partial charge in [0, 0.05) is 7.05 Å². The third kappa shape index (κ3) is 3.90. The summed E-state index contributed by atoms with van der Waals surface area (Å²) in [5, 5.41) is 2.52. The van der Waals surface area contributed by atoms with Crippen molar-refractivity contribution in [1.82, 2.24) is 5.32 Å². The second-order valence-electron chi connectivity index (χ2n) is 6.35. The first-order chi connectivity index (χ1) is 13.4. The number of carbonyl (C=O) groups is 3. The highest BCUT2D eigenvalue weighted by Crippen LogP contribution is 2.33. The summed E-state index contributed by atoms with van der Waals surface area (Å²) in [5.74, 6) is -0.669. The molecule has 8 nitrogen and oxygen atoms in total. The first kappa shape index (κ1) is 19.2. The molecule has 1 atom stereocenters. The number of aryl methyl sites for hydroxylation is 1. The van der Waals surface area contributed by atoms with E-state index in [1.807, 2.05) is 6.92 Å². The minimum absolute atomic E-state index is 0.0510. The molecule has 1 aliphatic heterocycles. The van der Waals surface area contributed by atoms with Gasteiger partial charge in [0.05, 0.1) is 17.8 Å². The number of primary amides is 1. The van der Waals surface area contributed by atoms with Gasteiger partial charge in [-0.25, -0.2) is 0 Å². The van der Waals surface area contributed by atoms with E-state index in [1.54, 1.807) is 42.5 Å². The summed E-state index contributed by atoms with van der Waals surface area (Å²) in [6.45, 7) is 1.57. The van der Waals surface area contributed by atoms with Crippen molar-refractivity contribution in [2.45, 2.75) is 13.0 Å². The van der Waals surface area contributed by atoms with Crippen molar-refractivity contribution < 1.29 is 23.9 Å². The van der Waals surface area contributed by atoms with Crippen molar-refractivity contribution in [1.29, 1.82) is 0 Å². The molecule has 3 N–H and O–H groups in total. The minimum Gasteiger partial charge on any atom is -0.483 e. The lowest BCUT2D eigenvalue weighted by atomic mass is 10.1. The molecule has 0 aromatic heterocycles. The maximum absolute atomic E-state index is 12.9. The number of likely N-dealkylation sites (N-methyl/N-ethyl adjacent to an activating group) is 1. The second kappa shape index (κ2) is 7.99. The van der Waals surface area contributed by atoms with Gasteiger partial charge in [0.15, 0.2) is 12.7 Å². The number of rotatable bonds is 5. The van der Waals surface area contributed by atoms with Gasteiger partial charge in [-0.2, -0.15) is 0 Å². The molecule has 8 heteroatoms. The summed E-state index contributed by atoms with van der Waals surface area (Å²) >= 11 is 0. The van der Waals surface area contributed by atoms with Gasteiger partial charge in [-0.15, -0.1) is 0 Å². The third-order valence-corrected chi connectivity index (χ3v) is 4.37. The Morgan fingerprint density at radius 2 is 2.00 bits per heavy atom. The number of nitrogens with one attached hydrogen (secondary N) is 1. The van der Waals surface area contributed by atoms with Crippen molar-refractivity contribution in [3.63, 3.8) is 0 Å². The van der Waals surface area contributed by atoms with Crippen LogP contribution >= 0.6 is 0 Å². The normalized spacial score (nSPS) is 15.2. The van der Waals surface area contributed by atoms with Gasteiger partial charge >= 0.3 is 0 Å². The molecule has 3 rings (SSSR count). The Bertz CT molecular complexity index is 928. The molecule has 2 aromatic rings. The predicted octanol–water partition coefficient (Wildman–Crippen LogP) is 1.01. The van der Waals surface area contributed by atoms with E-state index in [1.165, 1.54) is 11.9 Å². The first-order valence-electron chi connectivity index (χ1n) is 8.71.